The maximum atomic E-state index is 12.7. The van der Waals surface area contributed by atoms with Crippen LogP contribution in [0.15, 0.2) is 81.6 Å². The van der Waals surface area contributed by atoms with Crippen LogP contribution in [0.3, 0.4) is 0 Å². The molecule has 6 nitrogen and oxygen atoms in total. The number of benzene rings is 3. The van der Waals surface area contributed by atoms with Crippen molar-refractivity contribution >= 4 is 21.7 Å². The molecule has 29 heavy (non-hydrogen) atoms. The fourth-order valence-corrected chi connectivity index (χ4v) is 3.92. The first-order valence-electron chi connectivity index (χ1n) is 8.87. The molecule has 1 N–H and O–H groups in total. The van der Waals surface area contributed by atoms with Crippen molar-refractivity contribution in [3.8, 4) is 11.5 Å². The van der Waals surface area contributed by atoms with Crippen LogP contribution in [0.4, 0.5) is 5.69 Å². The van der Waals surface area contributed by atoms with Gasteiger partial charge in [0.05, 0.1) is 35.9 Å². The summed E-state index contributed by atoms with van der Waals surface area (Å²) in [7, 11) is -0.380. The molecular weight excluding hydrogens is 388 g/mol. The number of hydrogen-bond donors (Lipinski definition) is 1. The highest BCUT2D eigenvalue weighted by Gasteiger charge is 2.17. The molecule has 0 atom stereocenters. The normalized spacial score (nSPS) is 11.4. The average molecular weight is 410 g/mol. The lowest BCUT2D eigenvalue weighted by Crippen LogP contribution is -2.02. The number of hydrogen-bond acceptors (Lipinski definition) is 6. The van der Waals surface area contributed by atoms with E-state index >= 15 is 0 Å². The monoisotopic (exact) mass is 410 g/mol. The Morgan fingerprint density at radius 2 is 1.48 bits per heavy atom. The van der Waals surface area contributed by atoms with E-state index < -0.39 is 9.84 Å². The highest BCUT2D eigenvalue weighted by Crippen LogP contribution is 2.24. The van der Waals surface area contributed by atoms with Gasteiger partial charge in [-0.1, -0.05) is 17.7 Å². The van der Waals surface area contributed by atoms with Gasteiger partial charge in [-0.25, -0.2) is 8.42 Å². The highest BCUT2D eigenvalue weighted by molar-refractivity contribution is 7.91. The minimum Gasteiger partial charge on any atom is -0.497 e. The zero-order valence-corrected chi connectivity index (χ0v) is 17.2. The Morgan fingerprint density at radius 1 is 0.862 bits per heavy atom. The SMILES string of the molecule is COc1ccc(/C=N\Nc2ccc(S(=O)(=O)c3ccc(C)cc3)cc2)c(OC)c1. The third-order valence-electron chi connectivity index (χ3n) is 4.33. The summed E-state index contributed by atoms with van der Waals surface area (Å²) >= 11 is 0. The number of nitrogens with one attached hydrogen (secondary N) is 1. The van der Waals surface area contributed by atoms with Gasteiger partial charge in [0.15, 0.2) is 0 Å². The summed E-state index contributed by atoms with van der Waals surface area (Å²) in [5.74, 6) is 1.33. The molecule has 0 aliphatic heterocycles. The summed E-state index contributed by atoms with van der Waals surface area (Å²) in [6.45, 7) is 1.92. The van der Waals surface area contributed by atoms with Crippen LogP contribution in [-0.4, -0.2) is 28.9 Å². The first-order valence-corrected chi connectivity index (χ1v) is 10.4. The molecule has 3 aromatic carbocycles. The van der Waals surface area contributed by atoms with E-state index in [1.807, 2.05) is 19.1 Å². The predicted octanol–water partition coefficient (Wildman–Crippen LogP) is 4.29. The summed E-state index contributed by atoms with van der Waals surface area (Å²) in [5.41, 5.74) is 5.34. The second kappa shape index (κ2) is 8.79. The summed E-state index contributed by atoms with van der Waals surface area (Å²) in [6.07, 6.45) is 1.62. The zero-order valence-electron chi connectivity index (χ0n) is 16.4. The van der Waals surface area contributed by atoms with Gasteiger partial charge in [-0.15, -0.1) is 0 Å². The molecule has 3 aromatic rings. The molecule has 150 valence electrons. The van der Waals surface area contributed by atoms with Crippen LogP contribution in [0.1, 0.15) is 11.1 Å². The molecule has 0 aromatic heterocycles. The Bertz CT molecular complexity index is 1110. The quantitative estimate of drug-likeness (QED) is 0.464. The maximum Gasteiger partial charge on any atom is 0.206 e. The van der Waals surface area contributed by atoms with E-state index in [4.69, 9.17) is 9.47 Å². The van der Waals surface area contributed by atoms with Crippen molar-refractivity contribution in [1.82, 2.24) is 0 Å². The van der Waals surface area contributed by atoms with Gasteiger partial charge in [-0.2, -0.15) is 5.10 Å². The zero-order chi connectivity index (χ0) is 20.9. The minimum absolute atomic E-state index is 0.229. The number of hydrazone groups is 1. The molecule has 0 amide bonds. The van der Waals surface area contributed by atoms with Gasteiger partial charge in [-0.05, 0) is 55.5 Å². The fraction of sp³-hybridized carbons (Fsp3) is 0.136. The van der Waals surface area contributed by atoms with Crippen LogP contribution in [0, 0.1) is 6.92 Å². The number of aryl methyl sites for hydroxylation is 1. The van der Waals surface area contributed by atoms with Crippen LogP contribution in [0.25, 0.3) is 0 Å². The van der Waals surface area contributed by atoms with Gasteiger partial charge in [0.25, 0.3) is 0 Å². The predicted molar refractivity (Wildman–Crippen MR) is 114 cm³/mol. The van der Waals surface area contributed by atoms with E-state index in [0.717, 1.165) is 11.1 Å². The lowest BCUT2D eigenvalue weighted by atomic mass is 10.2. The van der Waals surface area contributed by atoms with Gasteiger partial charge in [0, 0.05) is 11.6 Å². The molecule has 3 rings (SSSR count). The second-order valence-corrected chi connectivity index (χ2v) is 8.27. The van der Waals surface area contributed by atoms with E-state index in [0.29, 0.717) is 17.2 Å². The number of sulfone groups is 1. The molecule has 7 heteroatoms. The van der Waals surface area contributed by atoms with Crippen molar-refractivity contribution in [3.05, 3.63) is 77.9 Å². The lowest BCUT2D eigenvalue weighted by molar-refractivity contribution is 0.394. The second-order valence-electron chi connectivity index (χ2n) is 6.32. The third kappa shape index (κ3) is 4.75. The molecule has 0 heterocycles. The Morgan fingerprint density at radius 3 is 2.07 bits per heavy atom. The lowest BCUT2D eigenvalue weighted by Gasteiger charge is -2.08. The van der Waals surface area contributed by atoms with E-state index in [-0.39, 0.29) is 9.79 Å². The van der Waals surface area contributed by atoms with Crippen LogP contribution < -0.4 is 14.9 Å². The van der Waals surface area contributed by atoms with Crippen molar-refractivity contribution in [2.75, 3.05) is 19.6 Å². The maximum absolute atomic E-state index is 12.7. The van der Waals surface area contributed by atoms with Crippen LogP contribution in [-0.2, 0) is 9.84 Å². The van der Waals surface area contributed by atoms with Crippen molar-refractivity contribution in [1.29, 1.82) is 0 Å². The molecule has 0 aliphatic carbocycles. The van der Waals surface area contributed by atoms with Crippen molar-refractivity contribution in [2.45, 2.75) is 16.7 Å². The molecule has 0 radical (unpaired) electrons. The number of ether oxygens (including phenoxy) is 2. The summed E-state index contributed by atoms with van der Waals surface area (Å²) in [4.78, 5) is 0.501. The topological polar surface area (TPSA) is 77.0 Å². The first kappa shape index (κ1) is 20.4. The van der Waals surface area contributed by atoms with Crippen molar-refractivity contribution in [2.24, 2.45) is 5.10 Å². The Balaban J connectivity index is 1.73. The van der Waals surface area contributed by atoms with Gasteiger partial charge < -0.3 is 9.47 Å². The summed E-state index contributed by atoms with van der Waals surface area (Å²) < 4.78 is 35.9. The summed E-state index contributed by atoms with van der Waals surface area (Å²) in [5, 5.41) is 4.19. The average Bonchev–Trinajstić information content (AvgIpc) is 2.74. The smallest absolute Gasteiger partial charge is 0.206 e. The Labute approximate surface area is 170 Å². The number of nitrogens with zero attached hydrogens (tertiary/aromatic N) is 1. The van der Waals surface area contributed by atoms with Gasteiger partial charge >= 0.3 is 0 Å². The number of methoxy groups -OCH3 is 2. The van der Waals surface area contributed by atoms with E-state index in [9.17, 15) is 8.42 Å². The number of rotatable bonds is 7. The van der Waals surface area contributed by atoms with Crippen molar-refractivity contribution in [3.63, 3.8) is 0 Å². The van der Waals surface area contributed by atoms with Gasteiger partial charge in [0.1, 0.15) is 11.5 Å². The molecule has 0 bridgehead atoms. The van der Waals surface area contributed by atoms with Crippen LogP contribution >= 0.6 is 0 Å². The first-order chi connectivity index (χ1) is 13.9. The van der Waals surface area contributed by atoms with Crippen LogP contribution in [0.2, 0.25) is 0 Å². The molecule has 0 saturated carbocycles. The Kier molecular flexibility index (Phi) is 6.19. The molecule has 0 spiro atoms. The van der Waals surface area contributed by atoms with Crippen LogP contribution in [0.5, 0.6) is 11.5 Å². The molecule has 0 unspecified atom stereocenters. The van der Waals surface area contributed by atoms with Gasteiger partial charge in [0.2, 0.25) is 9.84 Å². The molecule has 0 saturated heterocycles. The Hall–Kier alpha value is -3.32. The third-order valence-corrected chi connectivity index (χ3v) is 6.12. The van der Waals surface area contributed by atoms with E-state index in [2.05, 4.69) is 10.5 Å². The minimum atomic E-state index is -3.55. The standard InChI is InChI=1S/C22H22N2O4S/c1-16-4-10-20(11-5-16)29(25,26)21-12-7-18(8-13-21)24-23-15-17-6-9-19(27-2)14-22(17)28-3/h4-15,24H,1-3H3/b23-15-. The van der Waals surface area contributed by atoms with E-state index in [1.165, 1.54) is 0 Å². The molecular formula is C22H22N2O4S. The fourth-order valence-electron chi connectivity index (χ4n) is 2.66. The van der Waals surface area contributed by atoms with E-state index in [1.54, 1.807) is 75.0 Å². The molecule has 0 fully saturated rings. The largest absolute Gasteiger partial charge is 0.497 e. The molecule has 0 aliphatic rings. The highest BCUT2D eigenvalue weighted by atomic mass is 32.2. The number of anilines is 1. The summed E-state index contributed by atoms with van der Waals surface area (Å²) in [6, 6.07) is 18.7. The van der Waals surface area contributed by atoms with Crippen molar-refractivity contribution < 1.29 is 17.9 Å². The van der Waals surface area contributed by atoms with Gasteiger partial charge in [-0.3, -0.25) is 5.43 Å².